The van der Waals surface area contributed by atoms with E-state index in [1.54, 1.807) is 0 Å². The van der Waals surface area contributed by atoms with Crippen LogP contribution in [0.4, 0.5) is 0 Å². The molecule has 3 heteroatoms. The van der Waals surface area contributed by atoms with Crippen molar-refractivity contribution in [2.45, 2.75) is 0 Å². The Bertz CT molecular complexity index is 2690. The lowest BCUT2D eigenvalue weighted by molar-refractivity contribution is 0.673. The molecule has 3 nitrogen and oxygen atoms in total. The van der Waals surface area contributed by atoms with Crippen LogP contribution in [0.5, 0.6) is 0 Å². The van der Waals surface area contributed by atoms with Crippen LogP contribution >= 0.6 is 0 Å². The molecule has 0 fully saturated rings. The molecule has 10 rings (SSSR count). The van der Waals surface area contributed by atoms with Gasteiger partial charge in [0.15, 0.2) is 0 Å². The fourth-order valence-corrected chi connectivity index (χ4v) is 7.38. The molecular weight excluding hydrogens is 548 g/mol. The molecule has 7 aromatic carbocycles. The first kappa shape index (κ1) is 24.4. The summed E-state index contributed by atoms with van der Waals surface area (Å²) < 4.78 is 11.6. The molecule has 0 aliphatic rings. The minimum Gasteiger partial charge on any atom is -0.455 e. The molecule has 0 saturated heterocycles. The van der Waals surface area contributed by atoms with Crippen molar-refractivity contribution in [3.8, 4) is 22.5 Å². The third kappa shape index (κ3) is 3.41. The number of fused-ring (bicyclic) bond motifs is 10. The van der Waals surface area contributed by atoms with Crippen LogP contribution in [0.25, 0.3) is 88.1 Å². The van der Waals surface area contributed by atoms with E-state index < -0.39 is 0 Å². The molecule has 0 N–H and O–H groups in total. The first-order chi connectivity index (χ1) is 22.3. The number of aromatic nitrogens is 2. The van der Waals surface area contributed by atoms with E-state index >= 15 is 0 Å². The Morgan fingerprint density at radius 3 is 1.82 bits per heavy atom. The molecule has 3 aromatic heterocycles. The normalized spacial score (nSPS) is 12.0. The van der Waals surface area contributed by atoms with E-state index in [2.05, 4.69) is 167 Å². The highest BCUT2D eigenvalue weighted by Gasteiger charge is 2.23. The molecule has 3 heterocycles. The smallest absolute Gasteiger partial charge is 0.145 e. The SMILES string of the molecule is c1ccc(-c2ccc3oc4c(ccc5c4c4cccc(-n6c7ccccc7c7ccccc76)c4n5-c4ccccc4)c3c2)cc1. The molecule has 0 spiro atoms. The molecule has 0 bridgehead atoms. The van der Waals surface area contributed by atoms with Gasteiger partial charge in [-0.2, -0.15) is 0 Å². The Morgan fingerprint density at radius 2 is 1.07 bits per heavy atom. The first-order valence-electron chi connectivity index (χ1n) is 15.4. The summed E-state index contributed by atoms with van der Waals surface area (Å²) >= 11 is 0. The maximum Gasteiger partial charge on any atom is 0.145 e. The molecule has 0 aliphatic heterocycles. The van der Waals surface area contributed by atoms with Crippen molar-refractivity contribution < 1.29 is 4.42 Å². The van der Waals surface area contributed by atoms with Gasteiger partial charge in [-0.1, -0.05) is 103 Å². The quantitative estimate of drug-likeness (QED) is 0.206. The summed E-state index contributed by atoms with van der Waals surface area (Å²) in [4.78, 5) is 0. The van der Waals surface area contributed by atoms with Crippen molar-refractivity contribution in [3.05, 3.63) is 158 Å². The van der Waals surface area contributed by atoms with Gasteiger partial charge in [0, 0.05) is 32.6 Å². The Hall–Kier alpha value is -6.06. The summed E-state index contributed by atoms with van der Waals surface area (Å²) in [5, 5.41) is 7.06. The monoisotopic (exact) mass is 574 g/mol. The molecule has 210 valence electrons. The highest BCUT2D eigenvalue weighted by molar-refractivity contribution is 6.25. The third-order valence-corrected chi connectivity index (χ3v) is 9.31. The van der Waals surface area contributed by atoms with Crippen molar-refractivity contribution in [3.63, 3.8) is 0 Å². The third-order valence-electron chi connectivity index (χ3n) is 9.31. The van der Waals surface area contributed by atoms with Gasteiger partial charge in [0.2, 0.25) is 0 Å². The lowest BCUT2D eigenvalue weighted by Gasteiger charge is -2.14. The van der Waals surface area contributed by atoms with E-state index in [1.165, 1.54) is 38.3 Å². The fraction of sp³-hybridized carbons (Fsp3) is 0. The average Bonchev–Trinajstić information content (AvgIpc) is 3.76. The predicted molar refractivity (Wildman–Crippen MR) is 188 cm³/mol. The number of para-hydroxylation sites is 4. The number of hydrogen-bond acceptors (Lipinski definition) is 1. The van der Waals surface area contributed by atoms with Gasteiger partial charge >= 0.3 is 0 Å². The molecular formula is C42H26N2O. The van der Waals surface area contributed by atoms with Gasteiger partial charge in [0.05, 0.1) is 33.1 Å². The number of benzene rings is 7. The Kier molecular flexibility index (Phi) is 5.00. The molecule has 45 heavy (non-hydrogen) atoms. The van der Waals surface area contributed by atoms with E-state index in [9.17, 15) is 0 Å². The van der Waals surface area contributed by atoms with Gasteiger partial charge in [-0.25, -0.2) is 0 Å². The summed E-state index contributed by atoms with van der Waals surface area (Å²) in [5.74, 6) is 0. The van der Waals surface area contributed by atoms with E-state index in [1.807, 2.05) is 0 Å². The van der Waals surface area contributed by atoms with Crippen LogP contribution in [0.1, 0.15) is 0 Å². The summed E-state index contributed by atoms with van der Waals surface area (Å²) in [6, 6.07) is 56.4. The number of rotatable bonds is 3. The molecule has 10 aromatic rings. The Morgan fingerprint density at radius 1 is 0.400 bits per heavy atom. The molecule has 0 saturated carbocycles. The van der Waals surface area contributed by atoms with E-state index in [4.69, 9.17) is 4.42 Å². The van der Waals surface area contributed by atoms with E-state index in [-0.39, 0.29) is 0 Å². The standard InChI is InChI=1S/C42H26N2O/c1-3-12-27(13-4-1)28-22-25-39-34(26-28)32-23-24-37-40(42(32)45-39)33-18-11-21-38(41(33)43(37)29-14-5-2-6-15-29)44-35-19-9-7-16-30(35)31-17-8-10-20-36(31)44/h1-26H. The molecule has 0 atom stereocenters. The van der Waals surface area contributed by atoms with Gasteiger partial charge < -0.3 is 13.6 Å². The van der Waals surface area contributed by atoms with Crippen LogP contribution in [0, 0.1) is 0 Å². The highest BCUT2D eigenvalue weighted by Crippen LogP contribution is 2.44. The molecule has 0 radical (unpaired) electrons. The second kappa shape index (κ2) is 9.22. The Balaban J connectivity index is 1.36. The van der Waals surface area contributed by atoms with E-state index in [0.29, 0.717) is 0 Å². The van der Waals surface area contributed by atoms with Crippen LogP contribution in [0.2, 0.25) is 0 Å². The van der Waals surface area contributed by atoms with Crippen LogP contribution in [0.3, 0.4) is 0 Å². The maximum atomic E-state index is 6.76. The number of nitrogens with zero attached hydrogens (tertiary/aromatic N) is 2. The zero-order chi connectivity index (χ0) is 29.5. The zero-order valence-corrected chi connectivity index (χ0v) is 24.3. The van der Waals surface area contributed by atoms with Crippen molar-refractivity contribution in [1.82, 2.24) is 9.13 Å². The van der Waals surface area contributed by atoms with Gasteiger partial charge in [0.1, 0.15) is 11.2 Å². The van der Waals surface area contributed by atoms with Crippen LogP contribution in [-0.4, -0.2) is 9.13 Å². The minimum absolute atomic E-state index is 0.899. The van der Waals surface area contributed by atoms with Gasteiger partial charge in [-0.15, -0.1) is 0 Å². The van der Waals surface area contributed by atoms with Crippen LogP contribution in [0.15, 0.2) is 162 Å². The van der Waals surface area contributed by atoms with Crippen LogP contribution < -0.4 is 0 Å². The van der Waals surface area contributed by atoms with Crippen molar-refractivity contribution in [1.29, 1.82) is 0 Å². The fourth-order valence-electron chi connectivity index (χ4n) is 7.38. The summed E-state index contributed by atoms with van der Waals surface area (Å²) in [7, 11) is 0. The van der Waals surface area contributed by atoms with Gasteiger partial charge in [-0.05, 0) is 65.7 Å². The summed E-state index contributed by atoms with van der Waals surface area (Å²) in [5.41, 5.74) is 11.1. The highest BCUT2D eigenvalue weighted by atomic mass is 16.3. The van der Waals surface area contributed by atoms with Gasteiger partial charge in [-0.3, -0.25) is 0 Å². The molecule has 0 unspecified atom stereocenters. The lowest BCUT2D eigenvalue weighted by Crippen LogP contribution is -2.00. The summed E-state index contributed by atoms with van der Waals surface area (Å²) in [6.07, 6.45) is 0. The predicted octanol–water partition coefficient (Wildman–Crippen LogP) is 11.4. The second-order valence-corrected chi connectivity index (χ2v) is 11.7. The van der Waals surface area contributed by atoms with E-state index in [0.717, 1.165) is 49.7 Å². The molecule has 0 amide bonds. The zero-order valence-electron chi connectivity index (χ0n) is 24.3. The number of furan rings is 1. The van der Waals surface area contributed by atoms with Crippen LogP contribution in [-0.2, 0) is 0 Å². The lowest BCUT2D eigenvalue weighted by atomic mass is 10.0. The topological polar surface area (TPSA) is 23.0 Å². The van der Waals surface area contributed by atoms with Crippen molar-refractivity contribution in [2.75, 3.05) is 0 Å². The summed E-state index contributed by atoms with van der Waals surface area (Å²) in [6.45, 7) is 0. The average molecular weight is 575 g/mol. The Labute approximate surface area is 258 Å². The molecule has 0 aliphatic carbocycles. The van der Waals surface area contributed by atoms with Gasteiger partial charge in [0.25, 0.3) is 0 Å². The van der Waals surface area contributed by atoms with Crippen molar-refractivity contribution >= 4 is 65.6 Å². The minimum atomic E-state index is 0.899. The maximum absolute atomic E-state index is 6.76. The van der Waals surface area contributed by atoms with Crippen molar-refractivity contribution in [2.24, 2.45) is 0 Å². The largest absolute Gasteiger partial charge is 0.455 e. The second-order valence-electron chi connectivity index (χ2n) is 11.7. The number of hydrogen-bond donors (Lipinski definition) is 0. The first-order valence-corrected chi connectivity index (χ1v) is 15.4.